The van der Waals surface area contributed by atoms with Crippen LogP contribution in [0.2, 0.25) is 0 Å². The summed E-state index contributed by atoms with van der Waals surface area (Å²) < 4.78 is 0. The van der Waals surface area contributed by atoms with E-state index in [0.29, 0.717) is 11.4 Å². The van der Waals surface area contributed by atoms with Crippen LogP contribution in [0.3, 0.4) is 0 Å². The van der Waals surface area contributed by atoms with E-state index in [2.05, 4.69) is 38.9 Å². The molecule has 0 atom stereocenters. The first-order valence-corrected chi connectivity index (χ1v) is 9.84. The minimum absolute atomic E-state index is 0.205. The molecule has 6 nitrogen and oxygen atoms in total. The summed E-state index contributed by atoms with van der Waals surface area (Å²) in [6.45, 7) is 4.19. The maximum atomic E-state index is 10.5. The molecule has 6 heteroatoms. The number of anilines is 1. The number of aromatic nitrogens is 3. The molecule has 146 valence electrons. The maximum Gasteiger partial charge on any atom is 0.142 e. The Hall–Kier alpha value is -3.38. The van der Waals surface area contributed by atoms with E-state index in [0.717, 1.165) is 48.3 Å². The molecule has 0 amide bonds. The van der Waals surface area contributed by atoms with Crippen molar-refractivity contribution in [2.45, 2.75) is 0 Å². The molecule has 0 radical (unpaired) electrons. The van der Waals surface area contributed by atoms with Crippen LogP contribution >= 0.6 is 0 Å². The van der Waals surface area contributed by atoms with Gasteiger partial charge in [0, 0.05) is 49.8 Å². The third-order valence-electron chi connectivity index (χ3n) is 5.58. The number of likely N-dealkylation sites (N-methyl/N-ethyl adjacent to an activating group) is 1. The molecule has 4 aromatic rings. The van der Waals surface area contributed by atoms with Crippen molar-refractivity contribution in [3.8, 4) is 28.3 Å². The van der Waals surface area contributed by atoms with Crippen molar-refractivity contribution in [1.82, 2.24) is 19.9 Å². The molecule has 0 spiro atoms. The van der Waals surface area contributed by atoms with Crippen LogP contribution in [-0.2, 0) is 0 Å². The van der Waals surface area contributed by atoms with Crippen LogP contribution in [0, 0.1) is 0 Å². The number of piperazine rings is 1. The average molecular weight is 385 g/mol. The van der Waals surface area contributed by atoms with Gasteiger partial charge in [0.2, 0.25) is 0 Å². The molecule has 0 bridgehead atoms. The van der Waals surface area contributed by atoms with Crippen molar-refractivity contribution in [2.75, 3.05) is 38.1 Å². The van der Waals surface area contributed by atoms with Crippen LogP contribution in [0.4, 0.5) is 5.69 Å². The number of imidazole rings is 1. The first kappa shape index (κ1) is 17.7. The first-order chi connectivity index (χ1) is 14.2. The Kier molecular flexibility index (Phi) is 4.41. The third-order valence-corrected chi connectivity index (χ3v) is 5.58. The largest absolute Gasteiger partial charge is 0.507 e. The number of aromatic amines is 1. The Bertz CT molecular complexity index is 1150. The third kappa shape index (κ3) is 3.43. The van der Waals surface area contributed by atoms with Crippen LogP contribution in [0.15, 0.2) is 60.9 Å². The van der Waals surface area contributed by atoms with Gasteiger partial charge in [-0.15, -0.1) is 0 Å². The highest BCUT2D eigenvalue weighted by Gasteiger charge is 2.16. The molecule has 1 fully saturated rings. The van der Waals surface area contributed by atoms with Gasteiger partial charge in [-0.05, 0) is 49.0 Å². The van der Waals surface area contributed by atoms with Gasteiger partial charge < -0.3 is 19.9 Å². The molecule has 1 saturated heterocycles. The van der Waals surface area contributed by atoms with Crippen LogP contribution in [0.1, 0.15) is 0 Å². The average Bonchev–Trinajstić information content (AvgIpc) is 3.18. The Labute approximate surface area is 169 Å². The smallest absolute Gasteiger partial charge is 0.142 e. The summed E-state index contributed by atoms with van der Waals surface area (Å²) in [5.74, 6) is 0.870. The quantitative estimate of drug-likeness (QED) is 0.562. The second-order valence-electron chi connectivity index (χ2n) is 7.55. The normalized spacial score (nSPS) is 15.1. The van der Waals surface area contributed by atoms with E-state index in [4.69, 9.17) is 4.98 Å². The molecule has 2 N–H and O–H groups in total. The predicted octanol–water partition coefficient (Wildman–Crippen LogP) is 3.75. The number of pyridine rings is 1. The zero-order chi connectivity index (χ0) is 19.8. The molecule has 2 aromatic heterocycles. The Morgan fingerprint density at radius 2 is 1.83 bits per heavy atom. The highest BCUT2D eigenvalue weighted by Crippen LogP contribution is 2.33. The minimum Gasteiger partial charge on any atom is -0.507 e. The van der Waals surface area contributed by atoms with Gasteiger partial charge in [-0.3, -0.25) is 4.98 Å². The van der Waals surface area contributed by atoms with E-state index in [1.54, 1.807) is 12.3 Å². The van der Waals surface area contributed by atoms with E-state index < -0.39 is 0 Å². The second-order valence-corrected chi connectivity index (χ2v) is 7.55. The molecule has 29 heavy (non-hydrogen) atoms. The van der Waals surface area contributed by atoms with Crippen molar-refractivity contribution in [2.24, 2.45) is 0 Å². The number of hydrogen-bond donors (Lipinski definition) is 2. The van der Waals surface area contributed by atoms with E-state index in [1.807, 2.05) is 36.5 Å². The van der Waals surface area contributed by atoms with Crippen LogP contribution < -0.4 is 4.90 Å². The van der Waals surface area contributed by atoms with Gasteiger partial charge >= 0.3 is 0 Å². The van der Waals surface area contributed by atoms with Crippen molar-refractivity contribution in [3.05, 3.63) is 60.9 Å². The van der Waals surface area contributed by atoms with Crippen LogP contribution in [0.5, 0.6) is 5.75 Å². The summed E-state index contributed by atoms with van der Waals surface area (Å²) in [6.07, 6.45) is 3.57. The van der Waals surface area contributed by atoms with Gasteiger partial charge in [-0.1, -0.05) is 12.1 Å². The van der Waals surface area contributed by atoms with Gasteiger partial charge in [0.25, 0.3) is 0 Å². The lowest BCUT2D eigenvalue weighted by molar-refractivity contribution is 0.313. The van der Waals surface area contributed by atoms with E-state index in [9.17, 15) is 5.11 Å². The standard InChI is InChI=1S/C23H23N5O/c1-27-9-11-28(12-10-27)18-5-6-20-21(14-18)26-23(25-20)19-13-16(4-7-22(19)29)17-3-2-8-24-15-17/h2-8,13-15,29H,9-12H2,1H3,(H,25,26). The number of nitrogens with zero attached hydrogens (tertiary/aromatic N) is 4. The molecule has 2 aromatic carbocycles. The van der Waals surface area contributed by atoms with E-state index in [-0.39, 0.29) is 5.75 Å². The van der Waals surface area contributed by atoms with Gasteiger partial charge in [-0.25, -0.2) is 4.98 Å². The summed E-state index contributed by atoms with van der Waals surface area (Å²) in [4.78, 5) is 17.1. The summed E-state index contributed by atoms with van der Waals surface area (Å²) in [5.41, 5.74) is 5.75. The summed E-state index contributed by atoms with van der Waals surface area (Å²) in [5, 5.41) is 10.5. The van der Waals surface area contributed by atoms with Crippen LogP contribution in [0.25, 0.3) is 33.5 Å². The zero-order valence-electron chi connectivity index (χ0n) is 16.3. The Morgan fingerprint density at radius 1 is 0.966 bits per heavy atom. The van der Waals surface area contributed by atoms with Crippen molar-refractivity contribution in [3.63, 3.8) is 0 Å². The molecular formula is C23H23N5O. The number of H-pyrrole nitrogens is 1. The van der Waals surface area contributed by atoms with Gasteiger partial charge in [-0.2, -0.15) is 0 Å². The van der Waals surface area contributed by atoms with Gasteiger partial charge in [0.15, 0.2) is 0 Å². The molecule has 0 aliphatic carbocycles. The van der Waals surface area contributed by atoms with Crippen molar-refractivity contribution >= 4 is 16.7 Å². The number of aromatic hydroxyl groups is 1. The Morgan fingerprint density at radius 3 is 2.62 bits per heavy atom. The van der Waals surface area contributed by atoms with Gasteiger partial charge in [0.1, 0.15) is 11.6 Å². The molecule has 3 heterocycles. The summed E-state index contributed by atoms with van der Waals surface area (Å²) >= 11 is 0. The van der Waals surface area contributed by atoms with E-state index in [1.165, 1.54) is 5.69 Å². The van der Waals surface area contributed by atoms with Crippen molar-refractivity contribution in [1.29, 1.82) is 0 Å². The first-order valence-electron chi connectivity index (χ1n) is 9.84. The number of phenols is 1. The lowest BCUT2D eigenvalue weighted by Crippen LogP contribution is -2.44. The SMILES string of the molecule is CN1CCN(c2ccc3nc(-c4cc(-c5cccnc5)ccc4O)[nH]c3c2)CC1. The molecule has 5 rings (SSSR count). The number of rotatable bonds is 3. The molecule has 0 unspecified atom stereocenters. The van der Waals surface area contributed by atoms with E-state index >= 15 is 0 Å². The molecule has 0 saturated carbocycles. The monoisotopic (exact) mass is 385 g/mol. The van der Waals surface area contributed by atoms with Crippen molar-refractivity contribution < 1.29 is 5.11 Å². The number of hydrogen-bond acceptors (Lipinski definition) is 5. The lowest BCUT2D eigenvalue weighted by atomic mass is 10.0. The molecule has 1 aliphatic rings. The second kappa shape index (κ2) is 7.22. The Balaban J connectivity index is 1.51. The fraction of sp³-hybridized carbons (Fsp3) is 0.217. The molecule has 1 aliphatic heterocycles. The highest BCUT2D eigenvalue weighted by atomic mass is 16.3. The fourth-order valence-electron chi connectivity index (χ4n) is 3.83. The zero-order valence-corrected chi connectivity index (χ0v) is 16.3. The number of nitrogens with one attached hydrogen (secondary N) is 1. The lowest BCUT2D eigenvalue weighted by Gasteiger charge is -2.34. The summed E-state index contributed by atoms with van der Waals surface area (Å²) in [7, 11) is 2.16. The maximum absolute atomic E-state index is 10.5. The topological polar surface area (TPSA) is 68.3 Å². The minimum atomic E-state index is 0.205. The molecular weight excluding hydrogens is 362 g/mol. The number of phenolic OH excluding ortho intramolecular Hbond substituents is 1. The van der Waals surface area contributed by atoms with Crippen LogP contribution in [-0.4, -0.2) is 58.2 Å². The highest BCUT2D eigenvalue weighted by molar-refractivity contribution is 5.85. The number of benzene rings is 2. The summed E-state index contributed by atoms with van der Waals surface area (Å²) in [6, 6.07) is 15.8. The van der Waals surface area contributed by atoms with Gasteiger partial charge in [0.05, 0.1) is 16.6 Å². The number of fused-ring (bicyclic) bond motifs is 1. The fourth-order valence-corrected chi connectivity index (χ4v) is 3.83. The predicted molar refractivity (Wildman–Crippen MR) is 116 cm³/mol.